The normalized spacial score (nSPS) is 24.0. The Morgan fingerprint density at radius 3 is 2.71 bits per heavy atom. The summed E-state index contributed by atoms with van der Waals surface area (Å²) in [6.45, 7) is 9.28. The summed E-state index contributed by atoms with van der Waals surface area (Å²) in [7, 11) is 0. The molecule has 1 amide bonds. The number of carbonyl (C=O) groups excluding carboxylic acids is 1. The van der Waals surface area contributed by atoms with Crippen molar-refractivity contribution in [3.63, 3.8) is 0 Å². The number of nitrogens with two attached hydrogens (primary N) is 1. The SMILES string of the molecule is CC(C)CN1C(=O)CCCC(N)C1c1cncn1C(C)C. The molecule has 2 unspecified atom stereocenters. The minimum atomic E-state index is -0.0627. The van der Waals surface area contributed by atoms with Gasteiger partial charge in [-0.05, 0) is 32.6 Å². The van der Waals surface area contributed by atoms with Crippen molar-refractivity contribution < 1.29 is 4.79 Å². The van der Waals surface area contributed by atoms with E-state index >= 15 is 0 Å². The lowest BCUT2D eigenvalue weighted by Crippen LogP contribution is -2.44. The molecule has 2 heterocycles. The summed E-state index contributed by atoms with van der Waals surface area (Å²) < 4.78 is 2.14. The minimum Gasteiger partial charge on any atom is -0.332 e. The second-order valence-corrected chi connectivity index (χ2v) is 6.76. The molecular weight excluding hydrogens is 264 g/mol. The first-order valence-electron chi connectivity index (χ1n) is 7.98. The van der Waals surface area contributed by atoms with E-state index in [9.17, 15) is 4.79 Å². The average molecular weight is 292 g/mol. The van der Waals surface area contributed by atoms with E-state index in [4.69, 9.17) is 5.73 Å². The molecule has 1 saturated heterocycles. The van der Waals surface area contributed by atoms with E-state index < -0.39 is 0 Å². The van der Waals surface area contributed by atoms with Crippen molar-refractivity contribution in [1.82, 2.24) is 14.5 Å². The van der Waals surface area contributed by atoms with Gasteiger partial charge in [0.1, 0.15) is 0 Å². The molecule has 21 heavy (non-hydrogen) atoms. The van der Waals surface area contributed by atoms with E-state index in [2.05, 4.69) is 37.2 Å². The van der Waals surface area contributed by atoms with Crippen molar-refractivity contribution in [3.8, 4) is 0 Å². The molecule has 1 fully saturated rings. The van der Waals surface area contributed by atoms with Crippen LogP contribution in [0.25, 0.3) is 0 Å². The van der Waals surface area contributed by atoms with Crippen molar-refractivity contribution in [2.45, 2.75) is 65.1 Å². The summed E-state index contributed by atoms with van der Waals surface area (Å²) in [5, 5.41) is 0. The van der Waals surface area contributed by atoms with Gasteiger partial charge < -0.3 is 15.2 Å². The van der Waals surface area contributed by atoms with Gasteiger partial charge >= 0.3 is 0 Å². The first-order chi connectivity index (χ1) is 9.91. The molecule has 1 aromatic heterocycles. The number of likely N-dealkylation sites (tertiary alicyclic amines) is 1. The molecule has 0 aromatic carbocycles. The molecule has 5 nitrogen and oxygen atoms in total. The Bertz CT molecular complexity index is 480. The summed E-state index contributed by atoms with van der Waals surface area (Å²) in [6.07, 6.45) is 6.08. The van der Waals surface area contributed by atoms with Crippen LogP contribution in [0.15, 0.2) is 12.5 Å². The number of hydrogen-bond donors (Lipinski definition) is 1. The maximum Gasteiger partial charge on any atom is 0.223 e. The summed E-state index contributed by atoms with van der Waals surface area (Å²) in [6, 6.07) is 0.227. The fourth-order valence-electron chi connectivity index (χ4n) is 3.14. The van der Waals surface area contributed by atoms with Crippen molar-refractivity contribution in [1.29, 1.82) is 0 Å². The van der Waals surface area contributed by atoms with Crippen LogP contribution in [0.5, 0.6) is 0 Å². The van der Waals surface area contributed by atoms with E-state index in [1.807, 2.05) is 17.4 Å². The largest absolute Gasteiger partial charge is 0.332 e. The zero-order valence-corrected chi connectivity index (χ0v) is 13.6. The van der Waals surface area contributed by atoms with Gasteiger partial charge in [-0.2, -0.15) is 0 Å². The molecule has 1 aliphatic rings. The lowest BCUT2D eigenvalue weighted by Gasteiger charge is -2.35. The number of carbonyl (C=O) groups is 1. The molecule has 5 heteroatoms. The molecule has 2 N–H and O–H groups in total. The van der Waals surface area contributed by atoms with Crippen LogP contribution in [0.4, 0.5) is 0 Å². The third-order valence-electron chi connectivity index (χ3n) is 4.11. The molecular formula is C16H28N4O. The zero-order chi connectivity index (χ0) is 15.6. The number of aromatic nitrogens is 2. The molecule has 1 aliphatic heterocycles. The average Bonchev–Trinajstić information content (AvgIpc) is 2.81. The van der Waals surface area contributed by atoms with Gasteiger partial charge in [-0.25, -0.2) is 4.98 Å². The fraction of sp³-hybridized carbons (Fsp3) is 0.750. The van der Waals surface area contributed by atoms with Crippen LogP contribution in [0.1, 0.15) is 64.7 Å². The Balaban J connectivity index is 2.41. The summed E-state index contributed by atoms with van der Waals surface area (Å²) in [5.41, 5.74) is 7.50. The Morgan fingerprint density at radius 1 is 1.38 bits per heavy atom. The van der Waals surface area contributed by atoms with E-state index in [1.165, 1.54) is 0 Å². The van der Waals surface area contributed by atoms with Crippen LogP contribution in [-0.4, -0.2) is 32.9 Å². The third-order valence-corrected chi connectivity index (χ3v) is 4.11. The van der Waals surface area contributed by atoms with E-state index in [-0.39, 0.29) is 18.0 Å². The molecule has 1 aromatic rings. The zero-order valence-electron chi connectivity index (χ0n) is 13.6. The fourth-order valence-corrected chi connectivity index (χ4v) is 3.14. The van der Waals surface area contributed by atoms with Gasteiger partial charge in [0.2, 0.25) is 5.91 Å². The predicted octanol–water partition coefficient (Wildman–Crippen LogP) is 2.50. The van der Waals surface area contributed by atoms with Crippen molar-refractivity contribution in [2.75, 3.05) is 6.54 Å². The molecule has 118 valence electrons. The molecule has 0 spiro atoms. The molecule has 0 saturated carbocycles. The van der Waals surface area contributed by atoms with Gasteiger partial charge in [0.15, 0.2) is 0 Å². The van der Waals surface area contributed by atoms with Crippen LogP contribution in [0.2, 0.25) is 0 Å². The molecule has 2 rings (SSSR count). The second kappa shape index (κ2) is 6.60. The van der Waals surface area contributed by atoms with Crippen LogP contribution in [0, 0.1) is 5.92 Å². The van der Waals surface area contributed by atoms with Crippen LogP contribution >= 0.6 is 0 Å². The Kier molecular flexibility index (Phi) is 5.04. The van der Waals surface area contributed by atoms with E-state index in [0.717, 1.165) is 25.1 Å². The lowest BCUT2D eigenvalue weighted by atomic mass is 10.00. The van der Waals surface area contributed by atoms with Crippen molar-refractivity contribution >= 4 is 5.91 Å². The maximum atomic E-state index is 12.5. The number of amides is 1. The first-order valence-corrected chi connectivity index (χ1v) is 7.98. The molecule has 2 atom stereocenters. The first kappa shape index (κ1) is 16.0. The van der Waals surface area contributed by atoms with Gasteiger partial charge in [0.25, 0.3) is 0 Å². The van der Waals surface area contributed by atoms with Crippen molar-refractivity contribution in [2.24, 2.45) is 11.7 Å². The van der Waals surface area contributed by atoms with E-state index in [1.54, 1.807) is 0 Å². The van der Waals surface area contributed by atoms with Gasteiger partial charge in [-0.3, -0.25) is 4.79 Å². The molecule has 0 bridgehead atoms. The maximum absolute atomic E-state index is 12.5. The highest BCUT2D eigenvalue weighted by Crippen LogP contribution is 2.31. The smallest absolute Gasteiger partial charge is 0.223 e. The monoisotopic (exact) mass is 292 g/mol. The van der Waals surface area contributed by atoms with Crippen LogP contribution in [0.3, 0.4) is 0 Å². The number of hydrogen-bond acceptors (Lipinski definition) is 3. The standard InChI is InChI=1S/C16H28N4O/c1-11(2)9-19-15(21)7-5-6-13(17)16(19)14-8-18-10-20(14)12(3)4/h8,10-13,16H,5-7,9,17H2,1-4H3. The lowest BCUT2D eigenvalue weighted by molar-refractivity contribution is -0.134. The van der Waals surface area contributed by atoms with Gasteiger partial charge in [-0.1, -0.05) is 13.8 Å². The van der Waals surface area contributed by atoms with Crippen LogP contribution < -0.4 is 5.73 Å². The number of rotatable bonds is 4. The second-order valence-electron chi connectivity index (χ2n) is 6.76. The van der Waals surface area contributed by atoms with E-state index in [0.29, 0.717) is 18.4 Å². The third kappa shape index (κ3) is 3.46. The van der Waals surface area contributed by atoms with Gasteiger partial charge in [-0.15, -0.1) is 0 Å². The highest BCUT2D eigenvalue weighted by Gasteiger charge is 2.35. The van der Waals surface area contributed by atoms with Gasteiger partial charge in [0.05, 0.1) is 24.3 Å². The van der Waals surface area contributed by atoms with Crippen LogP contribution in [-0.2, 0) is 4.79 Å². The number of nitrogens with zero attached hydrogens (tertiary/aromatic N) is 3. The predicted molar refractivity (Wildman–Crippen MR) is 83.7 cm³/mol. The molecule has 0 aliphatic carbocycles. The summed E-state index contributed by atoms with van der Waals surface area (Å²) >= 11 is 0. The van der Waals surface area contributed by atoms with Crippen molar-refractivity contribution in [3.05, 3.63) is 18.2 Å². The van der Waals surface area contributed by atoms with Gasteiger partial charge in [0, 0.05) is 25.0 Å². The Labute approximate surface area is 127 Å². The summed E-state index contributed by atoms with van der Waals surface area (Å²) in [5.74, 6) is 0.648. The molecule has 0 radical (unpaired) electrons. The minimum absolute atomic E-state index is 0.0237. The number of imidazole rings is 1. The summed E-state index contributed by atoms with van der Waals surface area (Å²) in [4.78, 5) is 18.8. The Morgan fingerprint density at radius 2 is 2.10 bits per heavy atom. The highest BCUT2D eigenvalue weighted by molar-refractivity contribution is 5.77. The highest BCUT2D eigenvalue weighted by atomic mass is 16.2. The quantitative estimate of drug-likeness (QED) is 0.927. The Hall–Kier alpha value is -1.36. The topological polar surface area (TPSA) is 64.2 Å².